The highest BCUT2D eigenvalue weighted by atomic mass is 32.1. The van der Waals surface area contributed by atoms with Gasteiger partial charge < -0.3 is 20.1 Å². The second-order valence-electron chi connectivity index (χ2n) is 5.62. The molecular formula is C18H23N3O2S. The lowest BCUT2D eigenvalue weighted by molar-refractivity contribution is 0.230. The SMILES string of the molecule is COc1cc(CNC(=S)Nc2cccc(C)n2)ccc1OC(C)C. The van der Waals surface area contributed by atoms with Crippen molar-refractivity contribution in [1.29, 1.82) is 0 Å². The minimum absolute atomic E-state index is 0.0986. The van der Waals surface area contributed by atoms with Gasteiger partial charge in [-0.15, -0.1) is 0 Å². The summed E-state index contributed by atoms with van der Waals surface area (Å²) in [5, 5.41) is 6.76. The van der Waals surface area contributed by atoms with Gasteiger partial charge >= 0.3 is 0 Å². The van der Waals surface area contributed by atoms with Crippen LogP contribution in [0.1, 0.15) is 25.1 Å². The molecule has 0 spiro atoms. The average Bonchev–Trinajstić information content (AvgIpc) is 2.53. The van der Waals surface area contributed by atoms with Gasteiger partial charge in [0.25, 0.3) is 0 Å². The van der Waals surface area contributed by atoms with E-state index in [-0.39, 0.29) is 6.10 Å². The molecular weight excluding hydrogens is 322 g/mol. The Morgan fingerprint density at radius 2 is 2.00 bits per heavy atom. The number of anilines is 1. The van der Waals surface area contributed by atoms with E-state index in [1.165, 1.54) is 0 Å². The van der Waals surface area contributed by atoms with Crippen LogP contribution in [0.4, 0.5) is 5.82 Å². The molecule has 0 aliphatic heterocycles. The molecule has 2 rings (SSSR count). The fourth-order valence-corrected chi connectivity index (χ4v) is 2.31. The first-order valence-corrected chi connectivity index (χ1v) is 8.21. The van der Waals surface area contributed by atoms with Gasteiger partial charge in [-0.1, -0.05) is 12.1 Å². The third kappa shape index (κ3) is 5.38. The minimum atomic E-state index is 0.0986. The second-order valence-corrected chi connectivity index (χ2v) is 6.03. The Hall–Kier alpha value is -2.34. The van der Waals surface area contributed by atoms with Gasteiger partial charge in [0.15, 0.2) is 16.6 Å². The lowest BCUT2D eigenvalue weighted by Crippen LogP contribution is -2.28. The van der Waals surface area contributed by atoms with E-state index < -0.39 is 0 Å². The van der Waals surface area contributed by atoms with Gasteiger partial charge in [0.2, 0.25) is 0 Å². The van der Waals surface area contributed by atoms with Crippen molar-refractivity contribution in [3.63, 3.8) is 0 Å². The maximum absolute atomic E-state index is 5.72. The minimum Gasteiger partial charge on any atom is -0.493 e. The first kappa shape index (κ1) is 18.0. The van der Waals surface area contributed by atoms with Crippen molar-refractivity contribution in [2.45, 2.75) is 33.4 Å². The fourth-order valence-electron chi connectivity index (χ4n) is 2.13. The number of pyridine rings is 1. The number of rotatable bonds is 6. The van der Waals surface area contributed by atoms with Gasteiger partial charge in [-0.05, 0) is 62.8 Å². The molecule has 2 N–H and O–H groups in total. The van der Waals surface area contributed by atoms with Gasteiger partial charge in [-0.25, -0.2) is 4.98 Å². The number of methoxy groups -OCH3 is 1. The highest BCUT2D eigenvalue weighted by Crippen LogP contribution is 2.28. The van der Waals surface area contributed by atoms with Crippen LogP contribution in [0.2, 0.25) is 0 Å². The molecule has 0 saturated heterocycles. The Morgan fingerprint density at radius 3 is 2.67 bits per heavy atom. The van der Waals surface area contributed by atoms with Crippen LogP contribution in [0.15, 0.2) is 36.4 Å². The molecule has 0 atom stereocenters. The predicted octanol–water partition coefficient (Wildman–Crippen LogP) is 3.67. The number of nitrogens with one attached hydrogen (secondary N) is 2. The normalized spacial score (nSPS) is 10.4. The Kier molecular flexibility index (Phi) is 6.37. The van der Waals surface area contributed by atoms with E-state index in [2.05, 4.69) is 15.6 Å². The Bertz CT molecular complexity index is 704. The quantitative estimate of drug-likeness (QED) is 0.779. The van der Waals surface area contributed by atoms with Crippen molar-refractivity contribution in [2.75, 3.05) is 12.4 Å². The number of aryl methyl sites for hydroxylation is 1. The van der Waals surface area contributed by atoms with E-state index in [9.17, 15) is 0 Å². The fraction of sp³-hybridized carbons (Fsp3) is 0.333. The molecule has 0 amide bonds. The molecule has 0 bridgehead atoms. The van der Waals surface area contributed by atoms with Crippen molar-refractivity contribution in [1.82, 2.24) is 10.3 Å². The number of hydrogen-bond acceptors (Lipinski definition) is 4. The highest BCUT2D eigenvalue weighted by molar-refractivity contribution is 7.80. The van der Waals surface area contributed by atoms with E-state index >= 15 is 0 Å². The van der Waals surface area contributed by atoms with E-state index in [0.717, 1.165) is 22.8 Å². The summed E-state index contributed by atoms with van der Waals surface area (Å²) in [5.41, 5.74) is 1.98. The topological polar surface area (TPSA) is 55.4 Å². The van der Waals surface area contributed by atoms with Crippen molar-refractivity contribution in [2.24, 2.45) is 0 Å². The Morgan fingerprint density at radius 1 is 1.21 bits per heavy atom. The molecule has 5 nitrogen and oxygen atoms in total. The summed E-state index contributed by atoms with van der Waals surface area (Å²) in [4.78, 5) is 4.36. The van der Waals surface area contributed by atoms with Gasteiger partial charge in [0, 0.05) is 12.2 Å². The molecule has 1 aromatic heterocycles. The molecule has 0 saturated carbocycles. The second kappa shape index (κ2) is 8.49. The number of ether oxygens (including phenoxy) is 2. The lowest BCUT2D eigenvalue weighted by Gasteiger charge is -2.15. The third-order valence-corrected chi connectivity index (χ3v) is 3.42. The van der Waals surface area contributed by atoms with Crippen molar-refractivity contribution in [3.05, 3.63) is 47.7 Å². The summed E-state index contributed by atoms with van der Waals surface area (Å²) in [7, 11) is 1.63. The summed E-state index contributed by atoms with van der Waals surface area (Å²) in [6.07, 6.45) is 0.0986. The average molecular weight is 345 g/mol. The zero-order valence-electron chi connectivity index (χ0n) is 14.4. The summed E-state index contributed by atoms with van der Waals surface area (Å²) >= 11 is 5.30. The smallest absolute Gasteiger partial charge is 0.172 e. The van der Waals surface area contributed by atoms with Crippen LogP contribution in [0.25, 0.3) is 0 Å². The van der Waals surface area contributed by atoms with Crippen LogP contribution in [-0.4, -0.2) is 23.3 Å². The monoisotopic (exact) mass is 345 g/mol. The van der Waals surface area contributed by atoms with Crippen LogP contribution in [-0.2, 0) is 6.54 Å². The summed E-state index contributed by atoms with van der Waals surface area (Å²) < 4.78 is 11.1. The van der Waals surface area contributed by atoms with Crippen molar-refractivity contribution in [3.8, 4) is 11.5 Å². The maximum Gasteiger partial charge on any atom is 0.172 e. The van der Waals surface area contributed by atoms with Gasteiger partial charge in [0.05, 0.1) is 13.2 Å². The molecule has 128 valence electrons. The highest BCUT2D eigenvalue weighted by Gasteiger charge is 2.08. The third-order valence-electron chi connectivity index (χ3n) is 3.17. The zero-order valence-corrected chi connectivity index (χ0v) is 15.2. The number of nitrogens with zero attached hydrogens (tertiary/aromatic N) is 1. The standard InChI is InChI=1S/C18H23N3O2S/c1-12(2)23-15-9-8-14(10-16(15)22-4)11-19-18(24)21-17-7-5-6-13(3)20-17/h5-10,12H,11H2,1-4H3,(H2,19,20,21,24). The Balaban J connectivity index is 1.94. The van der Waals surface area contributed by atoms with Crippen LogP contribution >= 0.6 is 12.2 Å². The summed E-state index contributed by atoms with van der Waals surface area (Å²) in [6, 6.07) is 11.6. The van der Waals surface area contributed by atoms with Gasteiger partial charge in [-0.3, -0.25) is 0 Å². The maximum atomic E-state index is 5.72. The molecule has 1 aromatic carbocycles. The molecule has 6 heteroatoms. The number of aromatic nitrogens is 1. The molecule has 24 heavy (non-hydrogen) atoms. The first-order chi connectivity index (χ1) is 11.5. The van der Waals surface area contributed by atoms with Gasteiger partial charge in [0.1, 0.15) is 5.82 Å². The predicted molar refractivity (Wildman–Crippen MR) is 101 cm³/mol. The molecule has 0 fully saturated rings. The zero-order chi connectivity index (χ0) is 17.5. The van der Waals surface area contributed by atoms with E-state index in [1.54, 1.807) is 7.11 Å². The largest absolute Gasteiger partial charge is 0.493 e. The number of thiocarbonyl (C=S) groups is 1. The van der Waals surface area contributed by atoms with Crippen LogP contribution in [0, 0.1) is 6.92 Å². The Labute approximate surface area is 148 Å². The molecule has 1 heterocycles. The number of hydrogen-bond donors (Lipinski definition) is 2. The van der Waals surface area contributed by atoms with Gasteiger partial charge in [-0.2, -0.15) is 0 Å². The number of benzene rings is 1. The van der Waals surface area contributed by atoms with E-state index in [0.29, 0.717) is 17.4 Å². The molecule has 0 aliphatic rings. The van der Waals surface area contributed by atoms with Crippen LogP contribution in [0.3, 0.4) is 0 Å². The summed E-state index contributed by atoms with van der Waals surface area (Å²) in [6.45, 7) is 6.49. The molecule has 0 unspecified atom stereocenters. The van der Waals surface area contributed by atoms with Crippen molar-refractivity contribution < 1.29 is 9.47 Å². The van der Waals surface area contributed by atoms with Crippen LogP contribution in [0.5, 0.6) is 11.5 Å². The van der Waals surface area contributed by atoms with E-state index in [4.69, 9.17) is 21.7 Å². The lowest BCUT2D eigenvalue weighted by atomic mass is 10.2. The molecule has 0 aliphatic carbocycles. The van der Waals surface area contributed by atoms with Crippen molar-refractivity contribution >= 4 is 23.1 Å². The van der Waals surface area contributed by atoms with E-state index in [1.807, 2.05) is 57.2 Å². The molecule has 0 radical (unpaired) electrons. The summed E-state index contributed by atoms with van der Waals surface area (Å²) in [5.74, 6) is 2.17. The van der Waals surface area contributed by atoms with Crippen LogP contribution < -0.4 is 20.1 Å². The molecule has 2 aromatic rings. The first-order valence-electron chi connectivity index (χ1n) is 7.80.